The monoisotopic (exact) mass is 434 g/mol. The van der Waals surface area contributed by atoms with Gasteiger partial charge in [0.15, 0.2) is 11.6 Å². The number of hydrogen-bond donors (Lipinski definition) is 3. The lowest BCUT2D eigenvalue weighted by Gasteiger charge is -2.19. The number of ether oxygens (including phenoxy) is 2. The molecule has 0 aliphatic carbocycles. The molecule has 0 spiro atoms. The van der Waals surface area contributed by atoms with Gasteiger partial charge in [0, 0.05) is 32.3 Å². The fourth-order valence-electron chi connectivity index (χ4n) is 2.45. The van der Waals surface area contributed by atoms with Gasteiger partial charge in [-0.05, 0) is 32.9 Å². The maximum atomic E-state index is 12.3. The number of nitrogens with one attached hydrogen (secondary N) is 3. The molecule has 2 aromatic rings. The third-order valence-electron chi connectivity index (χ3n) is 3.77. The number of esters is 1. The number of carbonyl (C=O) groups excluding carboxylic acids is 4. The summed E-state index contributed by atoms with van der Waals surface area (Å²) in [6, 6.07) is 4.29. The predicted molar refractivity (Wildman–Crippen MR) is 111 cm³/mol. The van der Waals surface area contributed by atoms with Crippen LogP contribution in [0.5, 0.6) is 0 Å². The molecule has 2 rings (SSSR count). The highest BCUT2D eigenvalue weighted by molar-refractivity contribution is 6.03. The topological polar surface area (TPSA) is 141 Å². The molecule has 0 aromatic carbocycles. The summed E-state index contributed by atoms with van der Waals surface area (Å²) in [5.74, 6) is -1.47. The molecule has 11 heteroatoms. The average Bonchev–Trinajstić information content (AvgIpc) is 3.26. The van der Waals surface area contributed by atoms with E-state index in [4.69, 9.17) is 9.15 Å². The summed E-state index contributed by atoms with van der Waals surface area (Å²) in [5, 5.41) is 7.56. The van der Waals surface area contributed by atoms with Crippen LogP contribution in [0.15, 0.2) is 28.8 Å². The minimum Gasteiger partial charge on any atom is -0.464 e. The second kappa shape index (κ2) is 9.83. The Morgan fingerprint density at radius 2 is 1.84 bits per heavy atom. The number of amides is 3. The molecule has 2 aromatic heterocycles. The summed E-state index contributed by atoms with van der Waals surface area (Å²) in [7, 11) is 2.90. The Kier molecular flexibility index (Phi) is 7.46. The van der Waals surface area contributed by atoms with Crippen LogP contribution in [0.3, 0.4) is 0 Å². The maximum Gasteiger partial charge on any atom is 0.407 e. The van der Waals surface area contributed by atoms with E-state index in [0.717, 1.165) is 0 Å². The van der Waals surface area contributed by atoms with Crippen molar-refractivity contribution in [3.63, 3.8) is 0 Å². The Morgan fingerprint density at radius 1 is 1.13 bits per heavy atom. The number of furan rings is 1. The fourth-order valence-corrected chi connectivity index (χ4v) is 2.45. The van der Waals surface area contributed by atoms with Crippen LogP contribution in [-0.4, -0.2) is 47.7 Å². The lowest BCUT2D eigenvalue weighted by molar-refractivity contribution is -0.116. The first-order chi connectivity index (χ1) is 14.5. The van der Waals surface area contributed by atoms with E-state index in [1.54, 1.807) is 34.0 Å². The van der Waals surface area contributed by atoms with E-state index in [1.165, 1.54) is 29.9 Å². The van der Waals surface area contributed by atoms with Gasteiger partial charge in [-0.15, -0.1) is 0 Å². The second-order valence-corrected chi connectivity index (χ2v) is 7.56. The molecule has 0 aliphatic rings. The lowest BCUT2D eigenvalue weighted by atomic mass is 10.2. The Balaban J connectivity index is 1.84. The number of hydrogen-bond acceptors (Lipinski definition) is 7. The number of methoxy groups -OCH3 is 1. The molecule has 11 nitrogen and oxygen atoms in total. The van der Waals surface area contributed by atoms with Crippen LogP contribution < -0.4 is 16.0 Å². The lowest BCUT2D eigenvalue weighted by Crippen LogP contribution is -2.34. The van der Waals surface area contributed by atoms with Gasteiger partial charge in [-0.25, -0.2) is 9.59 Å². The van der Waals surface area contributed by atoms with Gasteiger partial charge in [0.25, 0.3) is 5.91 Å². The van der Waals surface area contributed by atoms with E-state index in [9.17, 15) is 19.2 Å². The zero-order chi connectivity index (χ0) is 23.2. The molecule has 31 heavy (non-hydrogen) atoms. The van der Waals surface area contributed by atoms with E-state index >= 15 is 0 Å². The Morgan fingerprint density at radius 3 is 2.48 bits per heavy atom. The number of alkyl carbamates (subject to hydrolysis) is 1. The maximum absolute atomic E-state index is 12.3. The molecule has 0 unspecified atom stereocenters. The highest BCUT2D eigenvalue weighted by Gasteiger charge is 2.18. The molecule has 3 amide bonds. The largest absolute Gasteiger partial charge is 0.464 e. The normalized spacial score (nSPS) is 10.9. The first-order valence-electron chi connectivity index (χ1n) is 9.41. The zero-order valence-corrected chi connectivity index (χ0v) is 18.0. The molecule has 0 bridgehead atoms. The number of aryl methyl sites for hydroxylation is 1. The molecule has 0 aliphatic heterocycles. The first kappa shape index (κ1) is 23.5. The summed E-state index contributed by atoms with van der Waals surface area (Å²) >= 11 is 0. The summed E-state index contributed by atoms with van der Waals surface area (Å²) in [6.07, 6.45) is 0.920. The van der Waals surface area contributed by atoms with Crippen molar-refractivity contribution < 1.29 is 33.1 Å². The van der Waals surface area contributed by atoms with Crippen molar-refractivity contribution in [3.8, 4) is 0 Å². The number of rotatable bonds is 7. The number of nitrogens with zero attached hydrogens (tertiary/aromatic N) is 1. The second-order valence-electron chi connectivity index (χ2n) is 7.56. The molecule has 0 saturated carbocycles. The van der Waals surface area contributed by atoms with Gasteiger partial charge in [0.05, 0.1) is 12.8 Å². The van der Waals surface area contributed by atoms with Gasteiger partial charge in [0.2, 0.25) is 5.91 Å². The summed E-state index contributed by atoms with van der Waals surface area (Å²) in [5.41, 5.74) is 0.0197. The van der Waals surface area contributed by atoms with Crippen molar-refractivity contribution >= 4 is 35.4 Å². The molecule has 0 fully saturated rings. The van der Waals surface area contributed by atoms with Gasteiger partial charge in [-0.3, -0.25) is 14.9 Å². The van der Waals surface area contributed by atoms with Gasteiger partial charge < -0.3 is 29.1 Å². The minimum atomic E-state index is -0.627. The number of aromatic nitrogens is 1. The summed E-state index contributed by atoms with van der Waals surface area (Å²) in [4.78, 5) is 47.5. The molecule has 2 heterocycles. The van der Waals surface area contributed by atoms with Crippen LogP contribution in [0.1, 0.15) is 48.2 Å². The highest BCUT2D eigenvalue weighted by atomic mass is 16.6. The van der Waals surface area contributed by atoms with E-state index in [0.29, 0.717) is 5.69 Å². The molecule has 0 radical (unpaired) electrons. The van der Waals surface area contributed by atoms with Crippen molar-refractivity contribution in [3.05, 3.63) is 35.9 Å². The first-order valence-corrected chi connectivity index (χ1v) is 9.41. The molecule has 0 saturated heterocycles. The molecular formula is C20H26N4O7. The Bertz CT molecular complexity index is 969. The van der Waals surface area contributed by atoms with Crippen molar-refractivity contribution in [2.75, 3.05) is 24.3 Å². The van der Waals surface area contributed by atoms with Crippen molar-refractivity contribution in [2.24, 2.45) is 7.05 Å². The standard InChI is InChI=1S/C20H26N4O7/c1-20(2,3)31-19(28)21-9-8-15(25)23-16-7-6-14(30-16)17(26)22-12-10-13(18(27)29-5)24(4)11-12/h6-7,10-11H,8-9H2,1-5H3,(H,21,28)(H,22,26)(H,23,25). The smallest absolute Gasteiger partial charge is 0.407 e. The molecule has 168 valence electrons. The van der Waals surface area contributed by atoms with Gasteiger partial charge in [-0.2, -0.15) is 0 Å². The predicted octanol–water partition coefficient (Wildman–Crippen LogP) is 2.51. The summed E-state index contributed by atoms with van der Waals surface area (Å²) < 4.78 is 16.6. The Hall–Kier alpha value is -3.76. The zero-order valence-electron chi connectivity index (χ0n) is 18.0. The van der Waals surface area contributed by atoms with E-state index in [1.807, 2.05) is 0 Å². The van der Waals surface area contributed by atoms with E-state index in [-0.39, 0.29) is 30.3 Å². The van der Waals surface area contributed by atoms with Crippen LogP contribution in [0, 0.1) is 0 Å². The molecule has 3 N–H and O–H groups in total. The van der Waals surface area contributed by atoms with Gasteiger partial charge >= 0.3 is 12.1 Å². The molecule has 0 atom stereocenters. The van der Waals surface area contributed by atoms with E-state index in [2.05, 4.69) is 20.7 Å². The van der Waals surface area contributed by atoms with Crippen LogP contribution >= 0.6 is 0 Å². The minimum absolute atomic E-state index is 0.0121. The number of carbonyl (C=O) groups is 4. The van der Waals surface area contributed by atoms with Crippen molar-refractivity contribution in [2.45, 2.75) is 32.8 Å². The van der Waals surface area contributed by atoms with Gasteiger partial charge in [-0.1, -0.05) is 0 Å². The third-order valence-corrected chi connectivity index (χ3v) is 3.77. The number of anilines is 2. The Labute approximate surface area is 179 Å². The van der Waals surface area contributed by atoms with Crippen molar-refractivity contribution in [1.29, 1.82) is 0 Å². The third kappa shape index (κ3) is 7.21. The summed E-state index contributed by atoms with van der Waals surface area (Å²) in [6.45, 7) is 5.28. The van der Waals surface area contributed by atoms with Crippen LogP contribution in [0.2, 0.25) is 0 Å². The van der Waals surface area contributed by atoms with Crippen LogP contribution in [0.25, 0.3) is 0 Å². The van der Waals surface area contributed by atoms with Gasteiger partial charge in [0.1, 0.15) is 11.3 Å². The van der Waals surface area contributed by atoms with Crippen LogP contribution in [0.4, 0.5) is 16.4 Å². The fraction of sp³-hybridized carbons (Fsp3) is 0.400. The van der Waals surface area contributed by atoms with Crippen LogP contribution in [-0.2, 0) is 21.3 Å². The average molecular weight is 434 g/mol. The highest BCUT2D eigenvalue weighted by Crippen LogP contribution is 2.18. The van der Waals surface area contributed by atoms with Crippen molar-refractivity contribution in [1.82, 2.24) is 9.88 Å². The molecular weight excluding hydrogens is 408 g/mol. The van der Waals surface area contributed by atoms with E-state index < -0.39 is 29.5 Å². The quantitative estimate of drug-likeness (QED) is 0.569. The SMILES string of the molecule is COC(=O)c1cc(NC(=O)c2ccc(NC(=O)CCNC(=O)OC(C)(C)C)o2)cn1C.